The van der Waals surface area contributed by atoms with Gasteiger partial charge < -0.3 is 10.6 Å². The van der Waals surface area contributed by atoms with Gasteiger partial charge in [-0.15, -0.1) is 0 Å². The fourth-order valence-electron chi connectivity index (χ4n) is 1.54. The number of nitrogens with zero attached hydrogens (tertiary/aromatic N) is 1. The molecule has 2 aromatic rings. The molecule has 0 unspecified atom stereocenters. The van der Waals surface area contributed by atoms with E-state index >= 15 is 0 Å². The average Bonchev–Trinajstić information content (AvgIpc) is 2.41. The summed E-state index contributed by atoms with van der Waals surface area (Å²) in [5.41, 5.74) is 0.820. The topological polar surface area (TPSA) is 54.0 Å². The van der Waals surface area contributed by atoms with Crippen molar-refractivity contribution in [2.24, 2.45) is 0 Å². The Bertz CT molecular complexity index is 666. The molecule has 0 fully saturated rings. The highest BCUT2D eigenvalue weighted by Crippen LogP contribution is 2.24. The first-order valence-electron chi connectivity index (χ1n) is 5.61. The first-order valence-corrected chi connectivity index (χ1v) is 6.78. The molecule has 0 saturated carbocycles. The van der Waals surface area contributed by atoms with Gasteiger partial charge in [-0.1, -0.05) is 11.6 Å². The van der Waals surface area contributed by atoms with E-state index in [1.807, 2.05) is 0 Å². The fourth-order valence-corrected chi connectivity index (χ4v) is 2.20. The first kappa shape index (κ1) is 14.7. The maximum atomic E-state index is 13.0. The van der Waals surface area contributed by atoms with E-state index in [9.17, 15) is 9.18 Å². The molecular weight excluding hydrogens is 349 g/mol. The van der Waals surface area contributed by atoms with Crippen LogP contribution in [0.25, 0.3) is 0 Å². The molecule has 0 aliphatic rings. The highest BCUT2D eigenvalue weighted by atomic mass is 79.9. The van der Waals surface area contributed by atoms with Crippen molar-refractivity contribution in [1.82, 2.24) is 4.98 Å². The van der Waals surface area contributed by atoms with Gasteiger partial charge in [0.15, 0.2) is 0 Å². The molecule has 7 heteroatoms. The van der Waals surface area contributed by atoms with E-state index in [4.69, 9.17) is 11.6 Å². The van der Waals surface area contributed by atoms with Crippen LogP contribution in [0.3, 0.4) is 0 Å². The molecule has 0 saturated heterocycles. The summed E-state index contributed by atoms with van der Waals surface area (Å²) >= 11 is 9.02. The highest BCUT2D eigenvalue weighted by molar-refractivity contribution is 9.10. The number of aromatic nitrogens is 1. The molecule has 1 aromatic carbocycles. The minimum Gasteiger partial charge on any atom is -0.373 e. The second kappa shape index (κ2) is 6.19. The summed E-state index contributed by atoms with van der Waals surface area (Å²) in [6.45, 7) is 0. The lowest BCUT2D eigenvalue weighted by atomic mass is 10.2. The SMILES string of the molecule is CNc1cc(C(=O)Nc2ccc(F)cc2Br)cc(Cl)n1. The Kier molecular flexibility index (Phi) is 4.57. The summed E-state index contributed by atoms with van der Waals surface area (Å²) in [7, 11) is 1.68. The number of anilines is 2. The molecule has 1 aromatic heterocycles. The van der Waals surface area contributed by atoms with Gasteiger partial charge in [0, 0.05) is 17.1 Å². The van der Waals surface area contributed by atoms with Gasteiger partial charge in [-0.25, -0.2) is 9.37 Å². The standard InChI is InChI=1S/C13H10BrClFN3O/c1-17-12-5-7(4-11(15)19-12)13(20)18-10-3-2-8(16)6-9(10)14/h2-6H,1H3,(H,17,19)(H,18,20). The molecule has 0 spiro atoms. The molecule has 0 atom stereocenters. The minimum absolute atomic E-state index is 0.208. The Balaban J connectivity index is 2.26. The number of hydrogen-bond donors (Lipinski definition) is 2. The van der Waals surface area contributed by atoms with E-state index in [1.54, 1.807) is 13.1 Å². The van der Waals surface area contributed by atoms with Gasteiger partial charge in [0.05, 0.1) is 5.69 Å². The number of halogens is 3. The monoisotopic (exact) mass is 357 g/mol. The highest BCUT2D eigenvalue weighted by Gasteiger charge is 2.11. The second-order valence-electron chi connectivity index (χ2n) is 3.89. The molecule has 20 heavy (non-hydrogen) atoms. The van der Waals surface area contributed by atoms with Crippen LogP contribution in [0.5, 0.6) is 0 Å². The van der Waals surface area contributed by atoms with Crippen molar-refractivity contribution < 1.29 is 9.18 Å². The van der Waals surface area contributed by atoms with E-state index < -0.39 is 0 Å². The third kappa shape index (κ3) is 3.46. The third-order valence-corrected chi connectivity index (χ3v) is 3.34. The lowest BCUT2D eigenvalue weighted by molar-refractivity contribution is 0.102. The Hall–Kier alpha value is -1.66. The molecule has 2 N–H and O–H groups in total. The van der Waals surface area contributed by atoms with Crippen LogP contribution >= 0.6 is 27.5 Å². The summed E-state index contributed by atoms with van der Waals surface area (Å²) in [6.07, 6.45) is 0. The van der Waals surface area contributed by atoms with Gasteiger partial charge in [-0.2, -0.15) is 0 Å². The number of nitrogens with one attached hydrogen (secondary N) is 2. The van der Waals surface area contributed by atoms with Crippen LogP contribution in [-0.4, -0.2) is 17.9 Å². The zero-order valence-corrected chi connectivity index (χ0v) is 12.7. The van der Waals surface area contributed by atoms with E-state index in [0.29, 0.717) is 21.5 Å². The molecule has 0 radical (unpaired) electrons. The van der Waals surface area contributed by atoms with Crippen molar-refractivity contribution in [2.75, 3.05) is 17.7 Å². The predicted octanol–water partition coefficient (Wildman–Crippen LogP) is 3.93. The van der Waals surface area contributed by atoms with Crippen molar-refractivity contribution in [3.8, 4) is 0 Å². The predicted molar refractivity (Wildman–Crippen MR) is 80.8 cm³/mol. The summed E-state index contributed by atoms with van der Waals surface area (Å²) in [6, 6.07) is 7.03. The van der Waals surface area contributed by atoms with Gasteiger partial charge in [0.25, 0.3) is 5.91 Å². The molecule has 4 nitrogen and oxygen atoms in total. The lowest BCUT2D eigenvalue weighted by Gasteiger charge is -2.09. The largest absolute Gasteiger partial charge is 0.373 e. The number of carbonyl (C=O) groups excluding carboxylic acids is 1. The van der Waals surface area contributed by atoms with Crippen LogP contribution in [0.1, 0.15) is 10.4 Å². The number of carbonyl (C=O) groups is 1. The van der Waals surface area contributed by atoms with E-state index in [2.05, 4.69) is 31.5 Å². The number of amides is 1. The van der Waals surface area contributed by atoms with Crippen molar-refractivity contribution in [3.63, 3.8) is 0 Å². The van der Waals surface area contributed by atoms with Gasteiger partial charge in [-0.3, -0.25) is 4.79 Å². The maximum absolute atomic E-state index is 13.0. The van der Waals surface area contributed by atoms with Crippen LogP contribution in [-0.2, 0) is 0 Å². The van der Waals surface area contributed by atoms with Crippen molar-refractivity contribution in [3.05, 3.63) is 51.3 Å². The molecule has 2 rings (SSSR count). The van der Waals surface area contributed by atoms with Crippen LogP contribution in [0.2, 0.25) is 5.15 Å². The molecule has 0 aliphatic carbocycles. The molecule has 0 bridgehead atoms. The number of benzene rings is 1. The van der Waals surface area contributed by atoms with Gasteiger partial charge in [0.2, 0.25) is 0 Å². The van der Waals surface area contributed by atoms with E-state index in [1.165, 1.54) is 24.3 Å². The van der Waals surface area contributed by atoms with Gasteiger partial charge >= 0.3 is 0 Å². The van der Waals surface area contributed by atoms with E-state index in [-0.39, 0.29) is 16.9 Å². The number of hydrogen-bond acceptors (Lipinski definition) is 3. The molecule has 0 aliphatic heterocycles. The first-order chi connectivity index (χ1) is 9.49. The van der Waals surface area contributed by atoms with Gasteiger partial charge in [0.1, 0.15) is 16.8 Å². The van der Waals surface area contributed by atoms with Crippen LogP contribution in [0, 0.1) is 5.82 Å². The van der Waals surface area contributed by atoms with Crippen LogP contribution in [0.15, 0.2) is 34.8 Å². The molecular formula is C13H10BrClFN3O. The zero-order chi connectivity index (χ0) is 14.7. The Morgan fingerprint density at radius 2 is 2.10 bits per heavy atom. The summed E-state index contributed by atoms with van der Waals surface area (Å²) in [4.78, 5) is 16.1. The maximum Gasteiger partial charge on any atom is 0.255 e. The molecule has 1 heterocycles. The Labute approximate surface area is 128 Å². The normalized spacial score (nSPS) is 10.2. The molecule has 1 amide bonds. The molecule has 104 valence electrons. The second-order valence-corrected chi connectivity index (χ2v) is 5.13. The Morgan fingerprint density at radius 1 is 1.35 bits per heavy atom. The van der Waals surface area contributed by atoms with Crippen LogP contribution in [0.4, 0.5) is 15.9 Å². The van der Waals surface area contributed by atoms with Gasteiger partial charge in [-0.05, 0) is 46.3 Å². The minimum atomic E-state index is -0.390. The average molecular weight is 359 g/mol. The smallest absolute Gasteiger partial charge is 0.255 e. The Morgan fingerprint density at radius 3 is 2.75 bits per heavy atom. The van der Waals surface area contributed by atoms with Crippen molar-refractivity contribution in [2.45, 2.75) is 0 Å². The summed E-state index contributed by atoms with van der Waals surface area (Å²) in [5.74, 6) is -0.266. The summed E-state index contributed by atoms with van der Waals surface area (Å²) < 4.78 is 13.4. The lowest BCUT2D eigenvalue weighted by Crippen LogP contribution is -2.13. The quantitative estimate of drug-likeness (QED) is 0.817. The van der Waals surface area contributed by atoms with Crippen LogP contribution < -0.4 is 10.6 Å². The van der Waals surface area contributed by atoms with Crippen molar-refractivity contribution in [1.29, 1.82) is 0 Å². The zero-order valence-electron chi connectivity index (χ0n) is 10.4. The summed E-state index contributed by atoms with van der Waals surface area (Å²) in [5, 5.41) is 5.69. The third-order valence-electron chi connectivity index (χ3n) is 2.49. The van der Waals surface area contributed by atoms with Crippen molar-refractivity contribution >= 4 is 44.9 Å². The fraction of sp³-hybridized carbons (Fsp3) is 0.0769. The number of rotatable bonds is 3. The number of pyridine rings is 1. The van der Waals surface area contributed by atoms with E-state index in [0.717, 1.165) is 0 Å².